The minimum atomic E-state index is 0.569. The third-order valence-electron chi connectivity index (χ3n) is 1.77. The van der Waals surface area contributed by atoms with Crippen LogP contribution in [0, 0.1) is 0 Å². The number of hydrogen-bond donors (Lipinski definition) is 0. The second kappa shape index (κ2) is 3.97. The summed E-state index contributed by atoms with van der Waals surface area (Å²) in [5.74, 6) is 0.674. The van der Waals surface area contributed by atoms with Crippen LogP contribution >= 0.6 is 39.1 Å². The lowest BCUT2D eigenvalue weighted by atomic mass is 10.2. The predicted octanol–water partition coefficient (Wildman–Crippen LogP) is 5.02. The summed E-state index contributed by atoms with van der Waals surface area (Å²) in [6.45, 7) is 0. The SMILES string of the molecule is Clc1cc(Br)cc(Cl)c1-c1ccco1. The molecule has 72 valence electrons. The van der Waals surface area contributed by atoms with E-state index in [1.807, 2.05) is 6.07 Å². The van der Waals surface area contributed by atoms with Crippen LogP contribution in [0.4, 0.5) is 0 Å². The van der Waals surface area contributed by atoms with Crippen LogP contribution in [0.1, 0.15) is 0 Å². The highest BCUT2D eigenvalue weighted by atomic mass is 79.9. The van der Waals surface area contributed by atoms with Crippen LogP contribution in [-0.4, -0.2) is 0 Å². The van der Waals surface area contributed by atoms with Gasteiger partial charge in [0, 0.05) is 4.47 Å². The van der Waals surface area contributed by atoms with Gasteiger partial charge in [-0.1, -0.05) is 39.1 Å². The van der Waals surface area contributed by atoms with Gasteiger partial charge < -0.3 is 4.42 Å². The first kappa shape index (κ1) is 10.1. The van der Waals surface area contributed by atoms with Gasteiger partial charge in [0.05, 0.1) is 21.9 Å². The molecule has 1 nitrogen and oxygen atoms in total. The van der Waals surface area contributed by atoms with Gasteiger partial charge in [-0.05, 0) is 24.3 Å². The molecule has 14 heavy (non-hydrogen) atoms. The maximum atomic E-state index is 6.05. The van der Waals surface area contributed by atoms with Gasteiger partial charge in [-0.2, -0.15) is 0 Å². The number of hydrogen-bond acceptors (Lipinski definition) is 1. The zero-order chi connectivity index (χ0) is 10.1. The predicted molar refractivity (Wildman–Crippen MR) is 61.9 cm³/mol. The molecule has 1 aromatic heterocycles. The van der Waals surface area contributed by atoms with Crippen LogP contribution in [0.15, 0.2) is 39.4 Å². The Hall–Kier alpha value is -0.440. The highest BCUT2D eigenvalue weighted by molar-refractivity contribution is 9.10. The maximum Gasteiger partial charge on any atom is 0.136 e. The lowest BCUT2D eigenvalue weighted by Crippen LogP contribution is -1.79. The number of benzene rings is 1. The summed E-state index contributed by atoms with van der Waals surface area (Å²) in [7, 11) is 0. The van der Waals surface area contributed by atoms with Gasteiger partial charge in [0.25, 0.3) is 0 Å². The van der Waals surface area contributed by atoms with Gasteiger partial charge in [0.15, 0.2) is 0 Å². The molecule has 1 aromatic carbocycles. The Balaban J connectivity index is 2.64. The minimum absolute atomic E-state index is 0.569. The van der Waals surface area contributed by atoms with E-state index < -0.39 is 0 Å². The summed E-state index contributed by atoms with van der Waals surface area (Å²) < 4.78 is 6.09. The molecule has 0 amide bonds. The molecule has 1 heterocycles. The van der Waals surface area contributed by atoms with Crippen molar-refractivity contribution in [3.05, 3.63) is 45.0 Å². The molecule has 0 aliphatic carbocycles. The molecule has 0 unspecified atom stereocenters. The normalized spacial score (nSPS) is 10.5. The van der Waals surface area contributed by atoms with Crippen LogP contribution in [0.5, 0.6) is 0 Å². The van der Waals surface area contributed by atoms with E-state index in [0.29, 0.717) is 15.8 Å². The van der Waals surface area contributed by atoms with Crippen molar-refractivity contribution in [3.8, 4) is 11.3 Å². The Morgan fingerprint density at radius 2 is 1.79 bits per heavy atom. The summed E-state index contributed by atoms with van der Waals surface area (Å²) in [4.78, 5) is 0. The number of rotatable bonds is 1. The van der Waals surface area contributed by atoms with Crippen molar-refractivity contribution >= 4 is 39.1 Å². The van der Waals surface area contributed by atoms with Crippen LogP contribution < -0.4 is 0 Å². The van der Waals surface area contributed by atoms with Crippen molar-refractivity contribution < 1.29 is 4.42 Å². The van der Waals surface area contributed by atoms with Crippen LogP contribution in [0.2, 0.25) is 10.0 Å². The second-order valence-corrected chi connectivity index (χ2v) is 4.45. The van der Waals surface area contributed by atoms with Crippen LogP contribution in [0.3, 0.4) is 0 Å². The van der Waals surface area contributed by atoms with Crippen LogP contribution in [0.25, 0.3) is 11.3 Å². The summed E-state index contributed by atoms with van der Waals surface area (Å²) in [6, 6.07) is 7.18. The topological polar surface area (TPSA) is 13.1 Å². The first-order valence-electron chi connectivity index (χ1n) is 3.87. The van der Waals surface area contributed by atoms with Crippen molar-refractivity contribution in [1.82, 2.24) is 0 Å². The van der Waals surface area contributed by atoms with Crippen molar-refractivity contribution in [3.63, 3.8) is 0 Å². The lowest BCUT2D eigenvalue weighted by molar-refractivity contribution is 0.582. The monoisotopic (exact) mass is 290 g/mol. The Bertz CT molecular complexity index is 428. The standard InChI is InChI=1S/C10H5BrCl2O/c11-6-4-7(12)10(8(13)5-6)9-2-1-3-14-9/h1-5H. The van der Waals surface area contributed by atoms with E-state index in [1.165, 1.54) is 0 Å². The lowest BCUT2D eigenvalue weighted by Gasteiger charge is -2.04. The van der Waals surface area contributed by atoms with E-state index in [1.54, 1.807) is 24.5 Å². The molecule has 0 fully saturated rings. The molecule has 0 aliphatic rings. The zero-order valence-corrected chi connectivity index (χ0v) is 10.0. The fourth-order valence-electron chi connectivity index (χ4n) is 1.20. The first-order chi connectivity index (χ1) is 6.68. The van der Waals surface area contributed by atoms with E-state index in [9.17, 15) is 0 Å². The molecular formula is C10H5BrCl2O. The summed E-state index contributed by atoms with van der Waals surface area (Å²) in [6.07, 6.45) is 1.59. The van der Waals surface area contributed by atoms with Crippen molar-refractivity contribution in [2.75, 3.05) is 0 Å². The molecule has 0 spiro atoms. The van der Waals surface area contributed by atoms with E-state index in [-0.39, 0.29) is 0 Å². The smallest absolute Gasteiger partial charge is 0.136 e. The summed E-state index contributed by atoms with van der Waals surface area (Å²) in [5, 5.41) is 1.14. The minimum Gasteiger partial charge on any atom is -0.464 e. The molecule has 0 N–H and O–H groups in total. The Morgan fingerprint density at radius 1 is 1.14 bits per heavy atom. The fraction of sp³-hybridized carbons (Fsp3) is 0. The van der Waals surface area contributed by atoms with Crippen molar-refractivity contribution in [2.24, 2.45) is 0 Å². The van der Waals surface area contributed by atoms with E-state index in [2.05, 4.69) is 15.9 Å². The van der Waals surface area contributed by atoms with E-state index in [0.717, 1.165) is 10.0 Å². The van der Waals surface area contributed by atoms with Gasteiger partial charge in [-0.25, -0.2) is 0 Å². The van der Waals surface area contributed by atoms with Gasteiger partial charge >= 0.3 is 0 Å². The summed E-state index contributed by atoms with van der Waals surface area (Å²) >= 11 is 15.4. The molecule has 2 rings (SSSR count). The highest BCUT2D eigenvalue weighted by Crippen LogP contribution is 2.37. The largest absolute Gasteiger partial charge is 0.464 e. The van der Waals surface area contributed by atoms with Crippen LogP contribution in [-0.2, 0) is 0 Å². The molecular weight excluding hydrogens is 287 g/mol. The van der Waals surface area contributed by atoms with Crippen molar-refractivity contribution in [1.29, 1.82) is 0 Å². The molecule has 4 heteroatoms. The molecule has 2 aromatic rings. The van der Waals surface area contributed by atoms with E-state index >= 15 is 0 Å². The van der Waals surface area contributed by atoms with Gasteiger partial charge in [-0.3, -0.25) is 0 Å². The average Bonchev–Trinajstić information content (AvgIpc) is 2.54. The average molecular weight is 292 g/mol. The van der Waals surface area contributed by atoms with Crippen molar-refractivity contribution in [2.45, 2.75) is 0 Å². The van der Waals surface area contributed by atoms with E-state index in [4.69, 9.17) is 27.6 Å². The fourth-order valence-corrected chi connectivity index (χ4v) is 2.59. The van der Waals surface area contributed by atoms with Gasteiger partial charge in [0.1, 0.15) is 5.76 Å². The Kier molecular flexibility index (Phi) is 2.86. The molecule has 0 bridgehead atoms. The Morgan fingerprint density at radius 3 is 2.29 bits per heavy atom. The molecule has 0 atom stereocenters. The zero-order valence-electron chi connectivity index (χ0n) is 6.93. The maximum absolute atomic E-state index is 6.05. The Labute approximate surface area is 99.8 Å². The van der Waals surface area contributed by atoms with Gasteiger partial charge in [-0.15, -0.1) is 0 Å². The second-order valence-electron chi connectivity index (χ2n) is 2.72. The third-order valence-corrected chi connectivity index (χ3v) is 2.83. The number of halogens is 3. The van der Waals surface area contributed by atoms with Gasteiger partial charge in [0.2, 0.25) is 0 Å². The molecule has 0 aliphatic heterocycles. The highest BCUT2D eigenvalue weighted by Gasteiger charge is 2.11. The number of furan rings is 1. The first-order valence-corrected chi connectivity index (χ1v) is 5.42. The third kappa shape index (κ3) is 1.83. The summed E-state index contributed by atoms with van der Waals surface area (Å²) in [5.41, 5.74) is 0.724. The molecule has 0 saturated carbocycles. The molecule has 0 saturated heterocycles. The quantitative estimate of drug-likeness (QED) is 0.719. The molecule has 0 radical (unpaired) electrons.